The summed E-state index contributed by atoms with van der Waals surface area (Å²) in [5.74, 6) is 0.661. The number of aliphatic hydroxyl groups excluding tert-OH is 1. The van der Waals surface area contributed by atoms with E-state index in [1.165, 1.54) is 13.4 Å². The van der Waals surface area contributed by atoms with E-state index in [1.54, 1.807) is 0 Å². The van der Waals surface area contributed by atoms with Crippen molar-refractivity contribution in [1.82, 2.24) is 9.97 Å². The summed E-state index contributed by atoms with van der Waals surface area (Å²) >= 11 is 0. The van der Waals surface area contributed by atoms with Gasteiger partial charge < -0.3 is 15.2 Å². The summed E-state index contributed by atoms with van der Waals surface area (Å²) in [5.41, 5.74) is -0.256. The second-order valence-electron chi connectivity index (χ2n) is 4.85. The zero-order valence-electron chi connectivity index (χ0n) is 11.3. The van der Waals surface area contributed by atoms with Gasteiger partial charge in [-0.05, 0) is 24.7 Å². The number of methoxy groups -OCH3 is 1. The van der Waals surface area contributed by atoms with Gasteiger partial charge >= 0.3 is 5.69 Å². The lowest BCUT2D eigenvalue weighted by Gasteiger charge is -2.18. The summed E-state index contributed by atoms with van der Waals surface area (Å²) in [5, 5.41) is 23.4. The molecule has 0 saturated heterocycles. The molecule has 2 N–H and O–H groups in total. The molecule has 1 heterocycles. The molecule has 1 aliphatic carbocycles. The van der Waals surface area contributed by atoms with Crippen LogP contribution >= 0.6 is 0 Å². The summed E-state index contributed by atoms with van der Waals surface area (Å²) in [6.07, 6.45) is 4.31. The van der Waals surface area contributed by atoms with Crippen LogP contribution in [0.25, 0.3) is 0 Å². The maximum absolute atomic E-state index is 11.1. The van der Waals surface area contributed by atoms with Gasteiger partial charge in [-0.2, -0.15) is 4.98 Å². The van der Waals surface area contributed by atoms with E-state index in [1.807, 2.05) is 0 Å². The Labute approximate surface area is 116 Å². The molecule has 2 unspecified atom stereocenters. The molecular formula is C12H18N4O4. The summed E-state index contributed by atoms with van der Waals surface area (Å²) in [6.45, 7) is 0.702. The number of nitrogens with zero attached hydrogens (tertiary/aromatic N) is 3. The number of ether oxygens (including phenoxy) is 1. The largest absolute Gasteiger partial charge is 0.476 e. The smallest absolute Gasteiger partial charge is 0.372 e. The van der Waals surface area contributed by atoms with E-state index >= 15 is 0 Å². The Morgan fingerprint density at radius 1 is 1.50 bits per heavy atom. The van der Waals surface area contributed by atoms with Gasteiger partial charge in [-0.3, -0.25) is 10.1 Å². The molecule has 0 aromatic carbocycles. The topological polar surface area (TPSA) is 110 Å². The Kier molecular flexibility index (Phi) is 4.67. The molecule has 0 radical (unpaired) electrons. The molecule has 0 spiro atoms. The van der Waals surface area contributed by atoms with E-state index in [2.05, 4.69) is 15.3 Å². The highest BCUT2D eigenvalue weighted by molar-refractivity contribution is 5.61. The number of nitrogens with one attached hydrogen (secondary N) is 1. The highest BCUT2D eigenvalue weighted by Gasteiger charge is 2.28. The van der Waals surface area contributed by atoms with Crippen LogP contribution in [0.15, 0.2) is 6.33 Å². The minimum atomic E-state index is -0.556. The van der Waals surface area contributed by atoms with Crippen molar-refractivity contribution in [3.05, 3.63) is 16.4 Å². The van der Waals surface area contributed by atoms with E-state index in [-0.39, 0.29) is 29.9 Å². The quantitative estimate of drug-likeness (QED) is 0.596. The fourth-order valence-electron chi connectivity index (χ4n) is 2.66. The average molecular weight is 282 g/mol. The minimum Gasteiger partial charge on any atom is -0.476 e. The Bertz CT molecular complexity index is 483. The van der Waals surface area contributed by atoms with Gasteiger partial charge in [-0.1, -0.05) is 6.42 Å². The molecule has 1 aliphatic rings. The first-order chi connectivity index (χ1) is 9.67. The van der Waals surface area contributed by atoms with E-state index in [0.717, 1.165) is 19.3 Å². The maximum atomic E-state index is 11.1. The van der Waals surface area contributed by atoms with Crippen LogP contribution in [0, 0.1) is 22.0 Å². The normalized spacial score (nSPS) is 21.7. The van der Waals surface area contributed by atoms with Gasteiger partial charge in [-0.15, -0.1) is 0 Å². The average Bonchev–Trinajstić information content (AvgIpc) is 2.91. The lowest BCUT2D eigenvalue weighted by molar-refractivity contribution is -0.385. The molecule has 20 heavy (non-hydrogen) atoms. The standard InChI is InChI=1S/C12H18N4O4/c1-20-12-10(16(18)19)11(14-7-15-12)13-5-8-3-2-4-9(8)6-17/h7-9,17H,2-6H2,1H3,(H,13,14,15). The van der Waals surface area contributed by atoms with Crippen molar-refractivity contribution >= 4 is 11.5 Å². The first-order valence-electron chi connectivity index (χ1n) is 6.55. The summed E-state index contributed by atoms with van der Waals surface area (Å²) in [4.78, 5) is 18.2. The fraction of sp³-hybridized carbons (Fsp3) is 0.667. The van der Waals surface area contributed by atoms with Crippen molar-refractivity contribution in [2.75, 3.05) is 25.6 Å². The number of rotatable bonds is 6. The summed E-state index contributed by atoms with van der Waals surface area (Å²) < 4.78 is 4.89. The Balaban J connectivity index is 2.11. The van der Waals surface area contributed by atoms with Crippen LogP contribution in [0.1, 0.15) is 19.3 Å². The molecule has 0 aliphatic heterocycles. The molecule has 2 rings (SSSR count). The number of nitro groups is 1. The zero-order chi connectivity index (χ0) is 14.5. The Morgan fingerprint density at radius 3 is 2.90 bits per heavy atom. The highest BCUT2D eigenvalue weighted by atomic mass is 16.6. The number of hydrogen-bond acceptors (Lipinski definition) is 7. The SMILES string of the molecule is COc1ncnc(NCC2CCCC2CO)c1[N+](=O)[O-]. The number of anilines is 1. The van der Waals surface area contributed by atoms with Crippen molar-refractivity contribution in [3.63, 3.8) is 0 Å². The molecule has 1 aromatic heterocycles. The van der Waals surface area contributed by atoms with Crippen molar-refractivity contribution in [3.8, 4) is 5.88 Å². The van der Waals surface area contributed by atoms with Crippen LogP contribution in [-0.4, -0.2) is 40.3 Å². The van der Waals surface area contributed by atoms with Gasteiger partial charge in [0.05, 0.1) is 12.0 Å². The lowest BCUT2D eigenvalue weighted by atomic mass is 9.97. The molecule has 0 amide bonds. The van der Waals surface area contributed by atoms with Gasteiger partial charge in [-0.25, -0.2) is 4.98 Å². The molecule has 8 heteroatoms. The van der Waals surface area contributed by atoms with Crippen molar-refractivity contribution in [1.29, 1.82) is 0 Å². The molecule has 1 aromatic rings. The van der Waals surface area contributed by atoms with E-state index < -0.39 is 4.92 Å². The molecule has 1 fully saturated rings. The second-order valence-corrected chi connectivity index (χ2v) is 4.85. The first kappa shape index (κ1) is 14.4. The third-order valence-corrected chi connectivity index (χ3v) is 3.75. The lowest BCUT2D eigenvalue weighted by Crippen LogP contribution is -2.21. The minimum absolute atomic E-state index is 0.0577. The first-order valence-corrected chi connectivity index (χ1v) is 6.55. The van der Waals surface area contributed by atoms with E-state index in [0.29, 0.717) is 12.5 Å². The van der Waals surface area contributed by atoms with Crippen LogP contribution in [0.5, 0.6) is 5.88 Å². The van der Waals surface area contributed by atoms with E-state index in [4.69, 9.17) is 4.74 Å². The fourth-order valence-corrected chi connectivity index (χ4v) is 2.66. The molecule has 0 bridgehead atoms. The molecule has 8 nitrogen and oxygen atoms in total. The predicted molar refractivity (Wildman–Crippen MR) is 71.6 cm³/mol. The number of aliphatic hydroxyl groups is 1. The highest BCUT2D eigenvalue weighted by Crippen LogP contribution is 2.34. The molecule has 2 atom stereocenters. The van der Waals surface area contributed by atoms with Gasteiger partial charge in [0.1, 0.15) is 6.33 Å². The second kappa shape index (κ2) is 6.47. The maximum Gasteiger partial charge on any atom is 0.372 e. The van der Waals surface area contributed by atoms with Gasteiger partial charge in [0.25, 0.3) is 5.88 Å². The van der Waals surface area contributed by atoms with Crippen LogP contribution in [0.4, 0.5) is 11.5 Å². The van der Waals surface area contributed by atoms with Crippen LogP contribution in [0.2, 0.25) is 0 Å². The molecular weight excluding hydrogens is 264 g/mol. The van der Waals surface area contributed by atoms with Crippen LogP contribution in [0.3, 0.4) is 0 Å². The Hall–Kier alpha value is -1.96. The van der Waals surface area contributed by atoms with E-state index in [9.17, 15) is 15.2 Å². The van der Waals surface area contributed by atoms with Gasteiger partial charge in [0.15, 0.2) is 0 Å². The summed E-state index contributed by atoms with van der Waals surface area (Å²) in [6, 6.07) is 0. The molecule has 110 valence electrons. The summed E-state index contributed by atoms with van der Waals surface area (Å²) in [7, 11) is 1.33. The third kappa shape index (κ3) is 2.96. The van der Waals surface area contributed by atoms with Crippen molar-refractivity contribution < 1.29 is 14.8 Å². The molecule has 1 saturated carbocycles. The predicted octanol–water partition coefficient (Wildman–Crippen LogP) is 1.21. The van der Waals surface area contributed by atoms with Crippen LogP contribution < -0.4 is 10.1 Å². The zero-order valence-corrected chi connectivity index (χ0v) is 11.3. The van der Waals surface area contributed by atoms with Crippen molar-refractivity contribution in [2.45, 2.75) is 19.3 Å². The monoisotopic (exact) mass is 282 g/mol. The Morgan fingerprint density at radius 2 is 2.25 bits per heavy atom. The van der Waals surface area contributed by atoms with Crippen molar-refractivity contribution in [2.24, 2.45) is 11.8 Å². The van der Waals surface area contributed by atoms with Gasteiger partial charge in [0, 0.05) is 13.2 Å². The van der Waals surface area contributed by atoms with Gasteiger partial charge in [0.2, 0.25) is 5.82 Å². The number of aromatic nitrogens is 2. The van der Waals surface area contributed by atoms with Crippen LogP contribution in [-0.2, 0) is 0 Å². The third-order valence-electron chi connectivity index (χ3n) is 3.75. The number of hydrogen-bond donors (Lipinski definition) is 2.